The van der Waals surface area contributed by atoms with Gasteiger partial charge in [-0.15, -0.1) is 0 Å². The van der Waals surface area contributed by atoms with Gasteiger partial charge in [0.1, 0.15) is 11.6 Å². The predicted molar refractivity (Wildman–Crippen MR) is 101 cm³/mol. The van der Waals surface area contributed by atoms with Gasteiger partial charge in [-0.1, -0.05) is 18.2 Å². The topological polar surface area (TPSA) is 67.4 Å². The molecule has 3 aromatic carbocycles. The van der Waals surface area contributed by atoms with Crippen molar-refractivity contribution in [1.29, 1.82) is 0 Å². The van der Waals surface area contributed by atoms with Crippen LogP contribution in [0.3, 0.4) is 0 Å². The van der Waals surface area contributed by atoms with Crippen molar-refractivity contribution in [2.45, 2.75) is 6.54 Å². The number of benzene rings is 3. The number of carbonyl (C=O) groups is 2. The maximum absolute atomic E-state index is 12.9. The lowest BCUT2D eigenvalue weighted by molar-refractivity contribution is -0.120. The average Bonchev–Trinajstić information content (AvgIpc) is 2.70. The standard InChI is InChI=1S/C21H19FN2O3/c1-27-19-9-6-16-10-14(2-3-17(16)11-19)12-23-20(25)13-24-21(26)15-4-7-18(22)8-5-15/h2-11H,12-13H2,1H3,(H,23,25)(H,24,26). The van der Waals surface area contributed by atoms with Crippen molar-refractivity contribution in [3.63, 3.8) is 0 Å². The monoisotopic (exact) mass is 366 g/mol. The molecule has 2 N–H and O–H groups in total. The molecule has 6 heteroatoms. The molecule has 27 heavy (non-hydrogen) atoms. The molecule has 3 aromatic rings. The van der Waals surface area contributed by atoms with Crippen molar-refractivity contribution >= 4 is 22.6 Å². The third kappa shape index (κ3) is 4.82. The van der Waals surface area contributed by atoms with Crippen LogP contribution in [0.1, 0.15) is 15.9 Å². The zero-order valence-electron chi connectivity index (χ0n) is 14.8. The molecule has 0 bridgehead atoms. The van der Waals surface area contributed by atoms with E-state index in [1.165, 1.54) is 24.3 Å². The van der Waals surface area contributed by atoms with E-state index in [1.807, 2.05) is 36.4 Å². The van der Waals surface area contributed by atoms with Crippen molar-refractivity contribution in [1.82, 2.24) is 10.6 Å². The minimum atomic E-state index is -0.426. The van der Waals surface area contributed by atoms with Gasteiger partial charge in [-0.25, -0.2) is 4.39 Å². The molecule has 0 aliphatic rings. The Labute approximate surface area is 156 Å². The Hall–Kier alpha value is -3.41. The van der Waals surface area contributed by atoms with Gasteiger partial charge in [0.2, 0.25) is 5.91 Å². The quantitative estimate of drug-likeness (QED) is 0.705. The van der Waals surface area contributed by atoms with Gasteiger partial charge >= 0.3 is 0 Å². The molecular formula is C21H19FN2O3. The second-order valence-corrected chi connectivity index (χ2v) is 6.01. The summed E-state index contributed by atoms with van der Waals surface area (Å²) in [7, 11) is 1.62. The molecule has 0 unspecified atom stereocenters. The average molecular weight is 366 g/mol. The molecule has 0 fully saturated rings. The normalized spacial score (nSPS) is 10.4. The van der Waals surface area contributed by atoms with Gasteiger partial charge in [0.05, 0.1) is 13.7 Å². The van der Waals surface area contributed by atoms with Crippen LogP contribution in [-0.4, -0.2) is 25.5 Å². The second-order valence-electron chi connectivity index (χ2n) is 6.01. The van der Waals surface area contributed by atoms with Gasteiger partial charge in [0.15, 0.2) is 0 Å². The van der Waals surface area contributed by atoms with E-state index < -0.39 is 11.7 Å². The fourth-order valence-corrected chi connectivity index (χ4v) is 2.64. The summed E-state index contributed by atoms with van der Waals surface area (Å²) >= 11 is 0. The van der Waals surface area contributed by atoms with Crippen molar-refractivity contribution in [3.05, 3.63) is 77.6 Å². The third-order valence-corrected chi connectivity index (χ3v) is 4.12. The molecule has 0 saturated heterocycles. The molecule has 0 atom stereocenters. The van der Waals surface area contributed by atoms with Crippen LogP contribution in [0.15, 0.2) is 60.7 Å². The molecule has 0 aliphatic carbocycles. The van der Waals surface area contributed by atoms with Crippen LogP contribution in [0.5, 0.6) is 5.75 Å². The van der Waals surface area contributed by atoms with Crippen LogP contribution in [-0.2, 0) is 11.3 Å². The number of nitrogens with one attached hydrogen (secondary N) is 2. The predicted octanol–water partition coefficient (Wildman–Crippen LogP) is 3.03. The van der Waals surface area contributed by atoms with Gasteiger partial charge < -0.3 is 15.4 Å². The van der Waals surface area contributed by atoms with Crippen LogP contribution in [0.2, 0.25) is 0 Å². The van der Waals surface area contributed by atoms with Crippen molar-refractivity contribution in [2.24, 2.45) is 0 Å². The van der Waals surface area contributed by atoms with Gasteiger partial charge in [-0.2, -0.15) is 0 Å². The van der Waals surface area contributed by atoms with E-state index in [0.29, 0.717) is 12.1 Å². The van der Waals surface area contributed by atoms with E-state index >= 15 is 0 Å². The summed E-state index contributed by atoms with van der Waals surface area (Å²) in [5.41, 5.74) is 1.25. The highest BCUT2D eigenvalue weighted by Gasteiger charge is 2.08. The number of fused-ring (bicyclic) bond motifs is 1. The molecule has 5 nitrogen and oxygen atoms in total. The molecule has 0 aromatic heterocycles. The summed E-state index contributed by atoms with van der Waals surface area (Å²) in [5, 5.41) is 7.37. The van der Waals surface area contributed by atoms with E-state index in [0.717, 1.165) is 22.1 Å². The second kappa shape index (κ2) is 8.31. The highest BCUT2D eigenvalue weighted by atomic mass is 19.1. The third-order valence-electron chi connectivity index (χ3n) is 4.12. The summed E-state index contributed by atoms with van der Waals surface area (Å²) in [6, 6.07) is 16.8. The van der Waals surface area contributed by atoms with E-state index in [1.54, 1.807) is 7.11 Å². The van der Waals surface area contributed by atoms with Gasteiger partial charge in [-0.3, -0.25) is 9.59 Å². The molecular weight excluding hydrogens is 347 g/mol. The first-order valence-electron chi connectivity index (χ1n) is 8.42. The summed E-state index contributed by atoms with van der Waals surface area (Å²) in [4.78, 5) is 23.9. The molecule has 0 spiro atoms. The number of halogens is 1. The lowest BCUT2D eigenvalue weighted by atomic mass is 10.1. The minimum Gasteiger partial charge on any atom is -0.497 e. The SMILES string of the molecule is COc1ccc2cc(CNC(=O)CNC(=O)c3ccc(F)cc3)ccc2c1. The lowest BCUT2D eigenvalue weighted by Gasteiger charge is -2.09. The smallest absolute Gasteiger partial charge is 0.251 e. The first-order chi connectivity index (χ1) is 13.0. The molecule has 0 radical (unpaired) electrons. The largest absolute Gasteiger partial charge is 0.497 e. The van der Waals surface area contributed by atoms with Crippen molar-refractivity contribution in [2.75, 3.05) is 13.7 Å². The number of carbonyl (C=O) groups excluding carboxylic acids is 2. The van der Waals surface area contributed by atoms with Crippen molar-refractivity contribution in [3.8, 4) is 5.75 Å². The maximum Gasteiger partial charge on any atom is 0.251 e. The van der Waals surface area contributed by atoms with E-state index in [2.05, 4.69) is 10.6 Å². The lowest BCUT2D eigenvalue weighted by Crippen LogP contribution is -2.36. The minimum absolute atomic E-state index is 0.152. The van der Waals surface area contributed by atoms with E-state index in [4.69, 9.17) is 4.74 Å². The zero-order chi connectivity index (χ0) is 19.2. The number of hydrogen-bond acceptors (Lipinski definition) is 3. The molecule has 0 heterocycles. The number of methoxy groups -OCH3 is 1. The van der Waals surface area contributed by atoms with Crippen LogP contribution >= 0.6 is 0 Å². The van der Waals surface area contributed by atoms with E-state index in [-0.39, 0.29) is 12.5 Å². The number of amides is 2. The Kier molecular flexibility index (Phi) is 5.66. The van der Waals surface area contributed by atoms with E-state index in [9.17, 15) is 14.0 Å². The Morgan fingerprint density at radius 1 is 0.926 bits per heavy atom. The molecule has 2 amide bonds. The van der Waals surface area contributed by atoms with Gasteiger partial charge in [0.25, 0.3) is 5.91 Å². The molecule has 138 valence electrons. The van der Waals surface area contributed by atoms with Gasteiger partial charge in [0, 0.05) is 12.1 Å². The summed E-state index contributed by atoms with van der Waals surface area (Å²) in [5.74, 6) is -0.358. The maximum atomic E-state index is 12.9. The summed E-state index contributed by atoms with van der Waals surface area (Å²) < 4.78 is 18.1. The zero-order valence-corrected chi connectivity index (χ0v) is 14.8. The fraction of sp³-hybridized carbons (Fsp3) is 0.143. The molecule has 3 rings (SSSR count). The van der Waals surface area contributed by atoms with Crippen LogP contribution in [0.4, 0.5) is 4.39 Å². The highest BCUT2D eigenvalue weighted by Crippen LogP contribution is 2.21. The Balaban J connectivity index is 1.52. The highest BCUT2D eigenvalue weighted by molar-refractivity contribution is 5.96. The first-order valence-corrected chi connectivity index (χ1v) is 8.42. The van der Waals surface area contributed by atoms with Crippen LogP contribution < -0.4 is 15.4 Å². The molecule has 0 aliphatic heterocycles. The van der Waals surface area contributed by atoms with Gasteiger partial charge in [-0.05, 0) is 58.8 Å². The first kappa shape index (κ1) is 18.4. The fourth-order valence-electron chi connectivity index (χ4n) is 2.64. The van der Waals surface area contributed by atoms with Crippen LogP contribution in [0.25, 0.3) is 10.8 Å². The summed E-state index contributed by atoms with van der Waals surface area (Å²) in [6.07, 6.45) is 0. The number of ether oxygens (including phenoxy) is 1. The number of hydrogen-bond donors (Lipinski definition) is 2. The Morgan fingerprint density at radius 2 is 1.63 bits per heavy atom. The van der Waals surface area contributed by atoms with Crippen molar-refractivity contribution < 1.29 is 18.7 Å². The Morgan fingerprint density at radius 3 is 2.37 bits per heavy atom. The summed E-state index contributed by atoms with van der Waals surface area (Å²) in [6.45, 7) is 0.203. The molecule has 0 saturated carbocycles. The van der Waals surface area contributed by atoms with Crippen LogP contribution in [0, 0.1) is 5.82 Å². The Bertz CT molecular complexity index is 971. The number of rotatable bonds is 6.